The molecule has 0 atom stereocenters. The number of hydrogen-bond acceptors (Lipinski definition) is 3. The Morgan fingerprint density at radius 1 is 1.14 bits per heavy atom. The summed E-state index contributed by atoms with van der Waals surface area (Å²) >= 11 is 0. The summed E-state index contributed by atoms with van der Waals surface area (Å²) in [5.41, 5.74) is 2.38. The zero-order chi connectivity index (χ0) is 15.8. The Morgan fingerprint density at radius 3 is 2.45 bits per heavy atom. The van der Waals surface area contributed by atoms with Crippen LogP contribution in [0.1, 0.15) is 31.2 Å². The summed E-state index contributed by atoms with van der Waals surface area (Å²) in [7, 11) is 4.09. The number of piperidine rings is 1. The van der Waals surface area contributed by atoms with Crippen molar-refractivity contribution in [1.82, 2.24) is 10.2 Å². The number of amides is 1. The summed E-state index contributed by atoms with van der Waals surface area (Å²) < 4.78 is 0. The summed E-state index contributed by atoms with van der Waals surface area (Å²) in [6.07, 6.45) is 5.39. The van der Waals surface area contributed by atoms with Gasteiger partial charge in [-0.2, -0.15) is 0 Å². The number of carbonyl (C=O) groups is 1. The fraction of sp³-hybridized carbons (Fsp3) is 0.611. The van der Waals surface area contributed by atoms with Crippen LogP contribution in [0.2, 0.25) is 0 Å². The molecule has 4 nitrogen and oxygen atoms in total. The van der Waals surface area contributed by atoms with Crippen molar-refractivity contribution < 1.29 is 4.79 Å². The smallest absolute Gasteiger partial charge is 0.224 e. The van der Waals surface area contributed by atoms with E-state index in [9.17, 15) is 4.79 Å². The number of carbonyl (C=O) groups excluding carboxylic acids is 1. The summed E-state index contributed by atoms with van der Waals surface area (Å²) in [6.45, 7) is 4.07. The first kappa shape index (κ1) is 16.8. The maximum atomic E-state index is 11.9. The average molecular weight is 303 g/mol. The molecule has 0 spiro atoms. The van der Waals surface area contributed by atoms with Gasteiger partial charge in [0.05, 0.1) is 6.42 Å². The normalized spacial score (nSPS) is 15.1. The molecular formula is C18H29N3O. The minimum Gasteiger partial charge on any atom is -0.372 e. The van der Waals surface area contributed by atoms with Crippen molar-refractivity contribution in [3.8, 4) is 0 Å². The highest BCUT2D eigenvalue weighted by molar-refractivity contribution is 5.78. The summed E-state index contributed by atoms with van der Waals surface area (Å²) in [4.78, 5) is 16.5. The molecule has 0 aliphatic carbocycles. The molecule has 4 heteroatoms. The third kappa shape index (κ3) is 5.68. The monoisotopic (exact) mass is 303 g/mol. The van der Waals surface area contributed by atoms with Gasteiger partial charge in [0.1, 0.15) is 0 Å². The molecule has 2 rings (SSSR count). The van der Waals surface area contributed by atoms with Crippen LogP contribution in [0.15, 0.2) is 24.3 Å². The fourth-order valence-electron chi connectivity index (χ4n) is 2.85. The predicted molar refractivity (Wildman–Crippen MR) is 92.4 cm³/mol. The van der Waals surface area contributed by atoms with E-state index in [4.69, 9.17) is 0 Å². The van der Waals surface area contributed by atoms with E-state index in [-0.39, 0.29) is 5.91 Å². The third-order valence-electron chi connectivity index (χ3n) is 4.13. The van der Waals surface area contributed by atoms with Crippen molar-refractivity contribution in [2.24, 2.45) is 0 Å². The molecule has 1 aliphatic heterocycles. The largest absolute Gasteiger partial charge is 0.372 e. The van der Waals surface area contributed by atoms with Gasteiger partial charge in [-0.3, -0.25) is 4.79 Å². The zero-order valence-electron chi connectivity index (χ0n) is 14.0. The Hall–Kier alpha value is -1.55. The fourth-order valence-corrected chi connectivity index (χ4v) is 2.85. The SMILES string of the molecule is CN(C)CCCNC(=O)Cc1ccc(N2CCCCC2)cc1. The van der Waals surface area contributed by atoms with Crippen molar-refractivity contribution in [2.45, 2.75) is 32.1 Å². The van der Waals surface area contributed by atoms with Crippen LogP contribution in [0.4, 0.5) is 5.69 Å². The second kappa shape index (κ2) is 8.79. The molecule has 0 unspecified atom stereocenters. The van der Waals surface area contributed by atoms with E-state index in [0.717, 1.165) is 38.2 Å². The van der Waals surface area contributed by atoms with Crippen LogP contribution in [0.3, 0.4) is 0 Å². The van der Waals surface area contributed by atoms with Gasteiger partial charge < -0.3 is 15.1 Å². The molecule has 0 saturated carbocycles. The van der Waals surface area contributed by atoms with Gasteiger partial charge in [0.15, 0.2) is 0 Å². The van der Waals surface area contributed by atoms with Gasteiger partial charge in [-0.1, -0.05) is 12.1 Å². The van der Waals surface area contributed by atoms with Crippen molar-refractivity contribution in [2.75, 3.05) is 45.2 Å². The van der Waals surface area contributed by atoms with Crippen LogP contribution < -0.4 is 10.2 Å². The van der Waals surface area contributed by atoms with Gasteiger partial charge >= 0.3 is 0 Å². The van der Waals surface area contributed by atoms with Gasteiger partial charge in [-0.15, -0.1) is 0 Å². The molecule has 0 bridgehead atoms. The number of benzene rings is 1. The molecule has 122 valence electrons. The highest BCUT2D eigenvalue weighted by Crippen LogP contribution is 2.20. The number of nitrogens with zero attached hydrogens (tertiary/aromatic N) is 2. The molecule has 1 aromatic rings. The maximum Gasteiger partial charge on any atom is 0.224 e. The first-order chi connectivity index (χ1) is 10.6. The molecule has 22 heavy (non-hydrogen) atoms. The molecule has 1 fully saturated rings. The Morgan fingerprint density at radius 2 is 1.82 bits per heavy atom. The van der Waals surface area contributed by atoms with Gasteiger partial charge in [-0.05, 0) is 64.0 Å². The first-order valence-corrected chi connectivity index (χ1v) is 8.40. The van der Waals surface area contributed by atoms with E-state index >= 15 is 0 Å². The standard InChI is InChI=1S/C18H29N3O/c1-20(2)12-6-11-19-18(22)15-16-7-9-17(10-8-16)21-13-4-3-5-14-21/h7-10H,3-6,11-15H2,1-2H3,(H,19,22). The first-order valence-electron chi connectivity index (χ1n) is 8.40. The van der Waals surface area contributed by atoms with E-state index in [2.05, 4.69) is 39.4 Å². The lowest BCUT2D eigenvalue weighted by molar-refractivity contribution is -0.120. The van der Waals surface area contributed by atoms with Crippen molar-refractivity contribution in [3.05, 3.63) is 29.8 Å². The van der Waals surface area contributed by atoms with Crippen LogP contribution in [-0.4, -0.2) is 51.1 Å². The average Bonchev–Trinajstić information content (AvgIpc) is 2.53. The number of nitrogens with one attached hydrogen (secondary N) is 1. The van der Waals surface area contributed by atoms with Crippen LogP contribution in [0.5, 0.6) is 0 Å². The molecule has 1 N–H and O–H groups in total. The Bertz CT molecular complexity index is 450. The summed E-state index contributed by atoms with van der Waals surface area (Å²) in [5, 5.41) is 2.99. The topological polar surface area (TPSA) is 35.6 Å². The number of rotatable bonds is 7. The van der Waals surface area contributed by atoms with E-state index in [1.807, 2.05) is 14.1 Å². The lowest BCUT2D eigenvalue weighted by atomic mass is 10.1. The van der Waals surface area contributed by atoms with Gasteiger partial charge in [-0.25, -0.2) is 0 Å². The molecule has 1 aliphatic rings. The van der Waals surface area contributed by atoms with Crippen molar-refractivity contribution >= 4 is 11.6 Å². The molecule has 1 heterocycles. The molecule has 1 aromatic carbocycles. The molecule has 1 saturated heterocycles. The highest BCUT2D eigenvalue weighted by Gasteiger charge is 2.11. The van der Waals surface area contributed by atoms with E-state index in [1.54, 1.807) is 0 Å². The zero-order valence-corrected chi connectivity index (χ0v) is 14.0. The van der Waals surface area contributed by atoms with Crippen LogP contribution in [0.25, 0.3) is 0 Å². The van der Waals surface area contributed by atoms with Gasteiger partial charge in [0.25, 0.3) is 0 Å². The summed E-state index contributed by atoms with van der Waals surface area (Å²) in [5.74, 6) is 0.115. The highest BCUT2D eigenvalue weighted by atomic mass is 16.1. The van der Waals surface area contributed by atoms with Crippen LogP contribution >= 0.6 is 0 Å². The Labute approximate surface area is 134 Å². The number of anilines is 1. The van der Waals surface area contributed by atoms with Crippen LogP contribution in [0, 0.1) is 0 Å². The van der Waals surface area contributed by atoms with Gasteiger partial charge in [0.2, 0.25) is 5.91 Å². The molecular weight excluding hydrogens is 274 g/mol. The van der Waals surface area contributed by atoms with E-state index in [1.165, 1.54) is 24.9 Å². The quantitative estimate of drug-likeness (QED) is 0.785. The van der Waals surface area contributed by atoms with Crippen LogP contribution in [-0.2, 0) is 11.2 Å². The summed E-state index contributed by atoms with van der Waals surface area (Å²) in [6, 6.07) is 8.48. The minimum absolute atomic E-state index is 0.115. The maximum absolute atomic E-state index is 11.9. The van der Waals surface area contributed by atoms with Crippen molar-refractivity contribution in [3.63, 3.8) is 0 Å². The number of hydrogen-bond donors (Lipinski definition) is 1. The molecule has 0 radical (unpaired) electrons. The van der Waals surface area contributed by atoms with Gasteiger partial charge in [0, 0.05) is 25.3 Å². The molecule has 0 aromatic heterocycles. The lowest BCUT2D eigenvalue weighted by Gasteiger charge is -2.28. The molecule has 1 amide bonds. The second-order valence-electron chi connectivity index (χ2n) is 6.40. The predicted octanol–water partition coefficient (Wildman–Crippen LogP) is 2.29. The third-order valence-corrected chi connectivity index (χ3v) is 4.13. The Kier molecular flexibility index (Phi) is 6.72. The van der Waals surface area contributed by atoms with E-state index in [0.29, 0.717) is 6.42 Å². The lowest BCUT2D eigenvalue weighted by Crippen LogP contribution is -2.29. The Balaban J connectivity index is 1.74. The second-order valence-corrected chi connectivity index (χ2v) is 6.40. The van der Waals surface area contributed by atoms with E-state index < -0.39 is 0 Å². The minimum atomic E-state index is 0.115. The van der Waals surface area contributed by atoms with Crippen molar-refractivity contribution in [1.29, 1.82) is 0 Å².